The van der Waals surface area contributed by atoms with Crippen LogP contribution >= 0.6 is 11.6 Å². The molecule has 2 heterocycles. The number of anilines is 1. The Morgan fingerprint density at radius 2 is 1.92 bits per heavy atom. The zero-order valence-electron chi connectivity index (χ0n) is 14.8. The highest BCUT2D eigenvalue weighted by Gasteiger charge is 2.22. The van der Waals surface area contributed by atoms with Crippen molar-refractivity contribution in [1.29, 1.82) is 0 Å². The SMILES string of the molecule is Cc1cccc(N2CCN(C(=O)Cc3c[nH]c4cc(Cl)ccc34)CC2)c1. The number of piperazine rings is 1. The first-order valence-electron chi connectivity index (χ1n) is 8.95. The lowest BCUT2D eigenvalue weighted by Gasteiger charge is -2.36. The van der Waals surface area contributed by atoms with Crippen LogP contribution in [0.4, 0.5) is 5.69 Å². The first-order chi connectivity index (χ1) is 12.6. The van der Waals surface area contributed by atoms with Crippen LogP contribution in [0.2, 0.25) is 5.02 Å². The molecule has 1 N–H and O–H groups in total. The van der Waals surface area contributed by atoms with Gasteiger partial charge in [0.25, 0.3) is 0 Å². The van der Waals surface area contributed by atoms with Gasteiger partial charge in [-0.05, 0) is 42.3 Å². The molecule has 26 heavy (non-hydrogen) atoms. The number of H-pyrrole nitrogens is 1. The Labute approximate surface area is 158 Å². The van der Waals surface area contributed by atoms with Gasteiger partial charge in [-0.15, -0.1) is 0 Å². The minimum atomic E-state index is 0.185. The predicted molar refractivity (Wildman–Crippen MR) is 107 cm³/mol. The van der Waals surface area contributed by atoms with Gasteiger partial charge in [0, 0.05) is 54.0 Å². The second kappa shape index (κ2) is 7.04. The molecule has 0 atom stereocenters. The Morgan fingerprint density at radius 1 is 1.12 bits per heavy atom. The maximum Gasteiger partial charge on any atom is 0.227 e. The van der Waals surface area contributed by atoms with Crippen LogP contribution in [0.25, 0.3) is 10.9 Å². The Balaban J connectivity index is 1.40. The molecule has 2 aromatic carbocycles. The third-order valence-corrected chi connectivity index (χ3v) is 5.31. The van der Waals surface area contributed by atoms with Gasteiger partial charge in [0.15, 0.2) is 0 Å². The third-order valence-electron chi connectivity index (χ3n) is 5.07. The number of hydrogen-bond acceptors (Lipinski definition) is 2. The van der Waals surface area contributed by atoms with Gasteiger partial charge < -0.3 is 14.8 Å². The van der Waals surface area contributed by atoms with E-state index < -0.39 is 0 Å². The molecule has 1 amide bonds. The number of fused-ring (bicyclic) bond motifs is 1. The Hall–Kier alpha value is -2.46. The highest BCUT2D eigenvalue weighted by atomic mass is 35.5. The lowest BCUT2D eigenvalue weighted by atomic mass is 10.1. The zero-order valence-corrected chi connectivity index (χ0v) is 15.6. The average molecular weight is 368 g/mol. The second-order valence-electron chi connectivity index (χ2n) is 6.89. The first-order valence-corrected chi connectivity index (χ1v) is 9.33. The van der Waals surface area contributed by atoms with Crippen molar-refractivity contribution in [3.05, 3.63) is 64.8 Å². The number of aryl methyl sites for hydroxylation is 1. The summed E-state index contributed by atoms with van der Waals surface area (Å²) in [4.78, 5) is 20.3. The number of nitrogens with zero attached hydrogens (tertiary/aromatic N) is 2. The molecule has 1 aliphatic rings. The average Bonchev–Trinajstić information content (AvgIpc) is 3.03. The van der Waals surface area contributed by atoms with Crippen LogP contribution in [-0.2, 0) is 11.2 Å². The van der Waals surface area contributed by atoms with Crippen LogP contribution in [0.3, 0.4) is 0 Å². The standard InChI is InChI=1S/C21H22ClN3O/c1-15-3-2-4-18(11-15)24-7-9-25(10-8-24)21(26)12-16-14-23-20-13-17(22)5-6-19(16)20/h2-6,11,13-14,23H,7-10,12H2,1H3. The molecule has 1 saturated heterocycles. The fourth-order valence-corrected chi connectivity index (χ4v) is 3.79. The molecule has 134 valence electrons. The maximum absolute atomic E-state index is 12.7. The Bertz CT molecular complexity index is 941. The van der Waals surface area contributed by atoms with Gasteiger partial charge in [-0.25, -0.2) is 0 Å². The molecule has 1 aliphatic heterocycles. The van der Waals surface area contributed by atoms with E-state index in [0.29, 0.717) is 11.4 Å². The van der Waals surface area contributed by atoms with E-state index in [1.165, 1.54) is 11.3 Å². The molecule has 5 heteroatoms. The number of amides is 1. The van der Waals surface area contributed by atoms with Gasteiger partial charge in [-0.3, -0.25) is 4.79 Å². The summed E-state index contributed by atoms with van der Waals surface area (Å²) in [6.07, 6.45) is 2.34. The molecule has 0 aliphatic carbocycles. The van der Waals surface area contributed by atoms with Crippen LogP contribution in [0.5, 0.6) is 0 Å². The number of halogens is 1. The van der Waals surface area contributed by atoms with Gasteiger partial charge in [0.1, 0.15) is 0 Å². The summed E-state index contributed by atoms with van der Waals surface area (Å²) in [5, 5.41) is 1.77. The van der Waals surface area contributed by atoms with Crippen molar-refractivity contribution in [3.63, 3.8) is 0 Å². The van der Waals surface area contributed by atoms with E-state index in [-0.39, 0.29) is 5.91 Å². The molecule has 4 rings (SSSR count). The topological polar surface area (TPSA) is 39.3 Å². The van der Waals surface area contributed by atoms with E-state index >= 15 is 0 Å². The molecule has 4 nitrogen and oxygen atoms in total. The Kier molecular flexibility index (Phi) is 4.60. The highest BCUT2D eigenvalue weighted by Crippen LogP contribution is 2.23. The van der Waals surface area contributed by atoms with Crippen molar-refractivity contribution >= 4 is 34.1 Å². The summed E-state index contributed by atoms with van der Waals surface area (Å²) in [5.74, 6) is 0.185. The third kappa shape index (κ3) is 3.42. The monoisotopic (exact) mass is 367 g/mol. The minimum absolute atomic E-state index is 0.185. The van der Waals surface area contributed by atoms with E-state index in [1.807, 2.05) is 29.3 Å². The largest absolute Gasteiger partial charge is 0.368 e. The normalized spacial score (nSPS) is 14.8. The molecule has 3 aromatic rings. The number of aromatic nitrogens is 1. The molecule has 1 aromatic heterocycles. The van der Waals surface area contributed by atoms with Crippen LogP contribution in [0, 0.1) is 6.92 Å². The smallest absolute Gasteiger partial charge is 0.227 e. The molecule has 0 radical (unpaired) electrons. The molecule has 1 fully saturated rings. The Morgan fingerprint density at radius 3 is 2.69 bits per heavy atom. The maximum atomic E-state index is 12.7. The van der Waals surface area contributed by atoms with E-state index in [0.717, 1.165) is 42.6 Å². The van der Waals surface area contributed by atoms with Crippen LogP contribution in [0.15, 0.2) is 48.7 Å². The number of rotatable bonds is 3. The lowest BCUT2D eigenvalue weighted by molar-refractivity contribution is -0.130. The highest BCUT2D eigenvalue weighted by molar-refractivity contribution is 6.31. The summed E-state index contributed by atoms with van der Waals surface area (Å²) in [6, 6.07) is 14.3. The van der Waals surface area contributed by atoms with Crippen molar-refractivity contribution in [2.45, 2.75) is 13.3 Å². The molecular formula is C21H22ClN3O. The number of hydrogen-bond donors (Lipinski definition) is 1. The quantitative estimate of drug-likeness (QED) is 0.759. The fraction of sp³-hybridized carbons (Fsp3) is 0.286. The molecule has 0 bridgehead atoms. The molecular weight excluding hydrogens is 346 g/mol. The summed E-state index contributed by atoms with van der Waals surface area (Å²) >= 11 is 6.03. The summed E-state index contributed by atoms with van der Waals surface area (Å²) in [7, 11) is 0. The van der Waals surface area contributed by atoms with E-state index in [4.69, 9.17) is 11.6 Å². The minimum Gasteiger partial charge on any atom is -0.368 e. The van der Waals surface area contributed by atoms with E-state index in [1.54, 1.807) is 0 Å². The summed E-state index contributed by atoms with van der Waals surface area (Å²) < 4.78 is 0. The van der Waals surface area contributed by atoms with Gasteiger partial charge in [0.05, 0.1) is 6.42 Å². The summed E-state index contributed by atoms with van der Waals surface area (Å²) in [6.45, 7) is 5.39. The van der Waals surface area contributed by atoms with Crippen molar-refractivity contribution < 1.29 is 4.79 Å². The van der Waals surface area contributed by atoms with Crippen molar-refractivity contribution in [2.75, 3.05) is 31.1 Å². The van der Waals surface area contributed by atoms with Crippen molar-refractivity contribution in [3.8, 4) is 0 Å². The van der Waals surface area contributed by atoms with Gasteiger partial charge in [0.2, 0.25) is 5.91 Å². The second-order valence-corrected chi connectivity index (χ2v) is 7.32. The number of benzene rings is 2. The van der Waals surface area contributed by atoms with Crippen molar-refractivity contribution in [1.82, 2.24) is 9.88 Å². The molecule has 0 spiro atoms. The number of nitrogens with one attached hydrogen (secondary N) is 1. The summed E-state index contributed by atoms with van der Waals surface area (Å²) in [5.41, 5.74) is 4.51. The van der Waals surface area contributed by atoms with Crippen molar-refractivity contribution in [2.24, 2.45) is 0 Å². The molecule has 0 unspecified atom stereocenters. The van der Waals surface area contributed by atoms with E-state index in [2.05, 4.69) is 41.1 Å². The molecule has 0 saturated carbocycles. The predicted octanol–water partition coefficient (Wildman–Crippen LogP) is 4.02. The fourth-order valence-electron chi connectivity index (χ4n) is 3.62. The van der Waals surface area contributed by atoms with Gasteiger partial charge >= 0.3 is 0 Å². The lowest BCUT2D eigenvalue weighted by Crippen LogP contribution is -2.49. The number of aromatic amines is 1. The number of carbonyl (C=O) groups is 1. The zero-order chi connectivity index (χ0) is 18.1. The van der Waals surface area contributed by atoms with Gasteiger partial charge in [-0.2, -0.15) is 0 Å². The van der Waals surface area contributed by atoms with Crippen LogP contribution < -0.4 is 4.90 Å². The first kappa shape index (κ1) is 17.0. The number of carbonyl (C=O) groups excluding carboxylic acids is 1. The van der Waals surface area contributed by atoms with Gasteiger partial charge in [-0.1, -0.05) is 29.8 Å². The van der Waals surface area contributed by atoms with Crippen LogP contribution in [-0.4, -0.2) is 42.0 Å². The van der Waals surface area contributed by atoms with E-state index in [9.17, 15) is 4.79 Å². The van der Waals surface area contributed by atoms with Crippen LogP contribution in [0.1, 0.15) is 11.1 Å².